The first-order valence-corrected chi connectivity index (χ1v) is 11.5. The quantitative estimate of drug-likeness (QED) is 0.479. The molecule has 1 N–H and O–H groups in total. The smallest absolute Gasteiger partial charge is 0.254 e. The zero-order valence-corrected chi connectivity index (χ0v) is 18.6. The first-order chi connectivity index (χ1) is 16.5. The van der Waals surface area contributed by atoms with E-state index in [0.29, 0.717) is 0 Å². The van der Waals surface area contributed by atoms with Crippen molar-refractivity contribution in [1.82, 2.24) is 0 Å². The highest BCUT2D eigenvalue weighted by Crippen LogP contribution is 2.28. The molecule has 34 heavy (non-hydrogen) atoms. The van der Waals surface area contributed by atoms with Crippen LogP contribution in [0.3, 0.4) is 0 Å². The van der Waals surface area contributed by atoms with E-state index in [2.05, 4.69) is 23.2 Å². The van der Waals surface area contributed by atoms with Gasteiger partial charge in [-0.2, -0.15) is 0 Å². The van der Waals surface area contributed by atoms with Crippen molar-refractivity contribution in [2.45, 2.75) is 0 Å². The van der Waals surface area contributed by atoms with Crippen LogP contribution in [0.5, 0.6) is 0 Å². The third kappa shape index (κ3) is 5.03. The molecule has 8 bridgehead atoms. The van der Waals surface area contributed by atoms with Crippen molar-refractivity contribution < 1.29 is 13.0 Å². The van der Waals surface area contributed by atoms with E-state index in [1.165, 1.54) is 0 Å². The summed E-state index contributed by atoms with van der Waals surface area (Å²) in [7, 11) is -3.12. The van der Waals surface area contributed by atoms with Crippen molar-refractivity contribution >= 4 is 39.4 Å². The van der Waals surface area contributed by atoms with Crippen LogP contribution in [0.2, 0.25) is 0 Å². The maximum Gasteiger partial charge on any atom is 0.254 e. The molecule has 0 fully saturated rings. The number of hydrogen-bond acceptors (Lipinski definition) is 6. The first kappa shape index (κ1) is 21.6. The van der Waals surface area contributed by atoms with Crippen LogP contribution in [0.4, 0.5) is 0 Å². The van der Waals surface area contributed by atoms with Crippen LogP contribution in [0, 0.1) is 0 Å². The number of hydrogen-bond donors (Lipinski definition) is 2. The lowest BCUT2D eigenvalue weighted by Crippen LogP contribution is -1.96. The second kappa shape index (κ2) is 9.30. The Kier molecular flexibility index (Phi) is 5.90. The fourth-order valence-corrected chi connectivity index (χ4v) is 3.75. The summed E-state index contributed by atoms with van der Waals surface area (Å²) in [6.07, 6.45) is 22.1. The van der Waals surface area contributed by atoms with Gasteiger partial charge in [-0.05, 0) is 72.4 Å². The zero-order valence-electron chi connectivity index (χ0n) is 17.7. The molecular weight excluding hydrogens is 448 g/mol. The zero-order chi connectivity index (χ0) is 23.5. The number of benzene rings is 1. The summed E-state index contributed by atoms with van der Waals surface area (Å²) in [4.78, 5) is 18.9. The molecule has 0 atom stereocenters. The maximum atomic E-state index is 8.59. The standard InChI is InChI=1S/C26H16N4.H2O3S/c1-2-4-17(5-3-1)25-15-24-14-22-9-8-20(28-22)12-18-6-7-19(27-18)13-21-10-11-23(29-21)16-26(25)30-24;1-4(2)3/h1-16H;4H,(H,1,2,3). The molecule has 6 rings (SSSR count). The highest BCUT2D eigenvalue weighted by molar-refractivity contribution is 7.66. The van der Waals surface area contributed by atoms with Crippen LogP contribution < -0.4 is 0 Å². The van der Waals surface area contributed by atoms with E-state index in [1.807, 2.05) is 79.0 Å². The average molecular weight is 467 g/mol. The lowest BCUT2D eigenvalue weighted by atomic mass is 10.0. The summed E-state index contributed by atoms with van der Waals surface area (Å²) in [5, 5.41) is 0. The summed E-state index contributed by atoms with van der Waals surface area (Å²) in [5.74, 6) is 0. The molecule has 0 saturated heterocycles. The van der Waals surface area contributed by atoms with E-state index in [1.54, 1.807) is 0 Å². The fourth-order valence-electron chi connectivity index (χ4n) is 3.75. The van der Waals surface area contributed by atoms with Gasteiger partial charge in [0.05, 0.1) is 45.6 Å². The molecule has 0 aromatic heterocycles. The number of fused-ring (bicyclic) bond motifs is 4. The molecule has 0 amide bonds. The Morgan fingerprint density at radius 3 is 1.56 bits per heavy atom. The Bertz CT molecular complexity index is 1510. The Hall–Kier alpha value is -4.27. The van der Waals surface area contributed by atoms with Crippen molar-refractivity contribution in [2.75, 3.05) is 0 Å². The Morgan fingerprint density at radius 1 is 0.559 bits per heavy atom. The molecule has 0 spiro atoms. The normalized spacial score (nSPS) is 19.3. The minimum atomic E-state index is -3.12. The Labute approximate surface area is 197 Å². The van der Waals surface area contributed by atoms with E-state index in [9.17, 15) is 0 Å². The van der Waals surface area contributed by atoms with Crippen LogP contribution >= 0.6 is 0 Å². The molecule has 5 aliphatic heterocycles. The van der Waals surface area contributed by atoms with Crippen molar-refractivity contribution in [2.24, 2.45) is 20.0 Å². The van der Waals surface area contributed by atoms with Gasteiger partial charge in [0.15, 0.2) is 0 Å². The molecule has 0 saturated carbocycles. The predicted molar refractivity (Wildman–Crippen MR) is 137 cm³/mol. The number of allylic oxidation sites excluding steroid dienone is 12. The highest BCUT2D eigenvalue weighted by atomic mass is 32.2. The molecule has 5 heterocycles. The van der Waals surface area contributed by atoms with Gasteiger partial charge in [-0.25, -0.2) is 28.4 Å². The molecule has 7 nitrogen and oxygen atoms in total. The molecule has 1 aromatic carbocycles. The van der Waals surface area contributed by atoms with E-state index in [-0.39, 0.29) is 0 Å². The van der Waals surface area contributed by atoms with Gasteiger partial charge in [-0.15, -0.1) is 0 Å². The van der Waals surface area contributed by atoms with Crippen LogP contribution in [-0.4, -0.2) is 35.8 Å². The molecule has 5 aliphatic rings. The lowest BCUT2D eigenvalue weighted by molar-refractivity contribution is 0.509. The second-order valence-corrected chi connectivity index (χ2v) is 8.02. The molecular formula is C26H18N4O3S. The van der Waals surface area contributed by atoms with E-state index < -0.39 is 11.0 Å². The maximum absolute atomic E-state index is 8.59. The van der Waals surface area contributed by atoms with Crippen molar-refractivity contribution in [3.63, 3.8) is 0 Å². The van der Waals surface area contributed by atoms with Gasteiger partial charge in [0, 0.05) is 5.57 Å². The summed E-state index contributed by atoms with van der Waals surface area (Å²) < 4.78 is 24.2. The van der Waals surface area contributed by atoms with Gasteiger partial charge in [0.1, 0.15) is 0 Å². The Morgan fingerprint density at radius 2 is 1.03 bits per heavy atom. The molecule has 166 valence electrons. The molecule has 0 aliphatic carbocycles. The van der Waals surface area contributed by atoms with Crippen LogP contribution in [0.1, 0.15) is 5.56 Å². The first-order valence-electron chi connectivity index (χ1n) is 10.4. The molecule has 1 aromatic rings. The van der Waals surface area contributed by atoms with Crippen molar-refractivity contribution in [3.8, 4) is 0 Å². The van der Waals surface area contributed by atoms with Gasteiger partial charge < -0.3 is 0 Å². The minimum absolute atomic E-state index is 0.877. The molecule has 0 unspecified atom stereocenters. The predicted octanol–water partition coefficient (Wildman–Crippen LogP) is 4.18. The van der Waals surface area contributed by atoms with Crippen molar-refractivity contribution in [1.29, 1.82) is 0 Å². The third-order valence-electron chi connectivity index (χ3n) is 5.12. The molecule has 0 radical (unpaired) electrons. The van der Waals surface area contributed by atoms with Gasteiger partial charge in [-0.1, -0.05) is 30.3 Å². The SMILES string of the molecule is C1=CC2=NC1=CC1=NC(=CC3=NC(=CC4=NC(=C2)C=C4)C=C3c2ccccc2)C=C1.O=[SH](=O)O. The monoisotopic (exact) mass is 466 g/mol. The summed E-state index contributed by atoms with van der Waals surface area (Å²) in [6, 6.07) is 10.3. The third-order valence-corrected chi connectivity index (χ3v) is 5.12. The summed E-state index contributed by atoms with van der Waals surface area (Å²) in [6.45, 7) is 0. The topological polar surface area (TPSA) is 104 Å². The summed E-state index contributed by atoms with van der Waals surface area (Å²) in [5.41, 5.74) is 9.28. The number of aliphatic imine (C=N–C) groups is 4. The van der Waals surface area contributed by atoms with E-state index in [4.69, 9.17) is 27.9 Å². The van der Waals surface area contributed by atoms with E-state index in [0.717, 1.165) is 56.8 Å². The largest absolute Gasteiger partial charge is 0.288 e. The average Bonchev–Trinajstić information content (AvgIpc) is 3.59. The van der Waals surface area contributed by atoms with Crippen LogP contribution in [0.25, 0.3) is 5.57 Å². The van der Waals surface area contributed by atoms with Gasteiger partial charge in [0.2, 0.25) is 0 Å². The van der Waals surface area contributed by atoms with Crippen molar-refractivity contribution in [3.05, 3.63) is 126 Å². The second-order valence-electron chi connectivity index (χ2n) is 7.55. The Balaban J connectivity index is 0.000000560. The van der Waals surface area contributed by atoms with Gasteiger partial charge in [-0.3, -0.25) is 4.55 Å². The fraction of sp³-hybridized carbons (Fsp3) is 0. The molecule has 8 heteroatoms. The highest BCUT2D eigenvalue weighted by Gasteiger charge is 2.18. The number of thiol groups is 1. The van der Waals surface area contributed by atoms with Crippen LogP contribution in [0.15, 0.2) is 140 Å². The summed E-state index contributed by atoms with van der Waals surface area (Å²) >= 11 is 0. The lowest BCUT2D eigenvalue weighted by Gasteiger charge is -2.03. The van der Waals surface area contributed by atoms with Gasteiger partial charge >= 0.3 is 0 Å². The van der Waals surface area contributed by atoms with Gasteiger partial charge in [0.25, 0.3) is 11.0 Å². The minimum Gasteiger partial charge on any atom is -0.288 e. The number of nitrogens with zero attached hydrogens (tertiary/aromatic N) is 4. The van der Waals surface area contributed by atoms with E-state index >= 15 is 0 Å². The number of rotatable bonds is 1. The van der Waals surface area contributed by atoms with Crippen LogP contribution in [-0.2, 0) is 11.0 Å².